The average Bonchev–Trinajstić information content (AvgIpc) is 3.20. The van der Waals surface area contributed by atoms with Gasteiger partial charge in [-0.1, -0.05) is 72.8 Å². The summed E-state index contributed by atoms with van der Waals surface area (Å²) in [6, 6.07) is 31.5. The highest BCUT2D eigenvalue weighted by Gasteiger charge is 2.20. The summed E-state index contributed by atoms with van der Waals surface area (Å²) in [7, 11) is 0. The first-order valence-corrected chi connectivity index (χ1v) is 10.8. The molecule has 33 heavy (non-hydrogen) atoms. The Balaban J connectivity index is 1.68. The quantitative estimate of drug-likeness (QED) is 0.326. The Bertz CT molecular complexity index is 1820. The van der Waals surface area contributed by atoms with Crippen molar-refractivity contribution in [1.82, 2.24) is 24.5 Å². The fourth-order valence-corrected chi connectivity index (χ4v) is 4.62. The van der Waals surface area contributed by atoms with Gasteiger partial charge in [0.05, 0.1) is 11.0 Å². The SMILES string of the molecule is c1ccc(-c2nc3nccnc3nc2-n2c3ccccc3c3cc4ccccc4cc32)cc1. The lowest BCUT2D eigenvalue weighted by Gasteiger charge is -2.13. The van der Waals surface area contributed by atoms with Crippen LogP contribution in [0.5, 0.6) is 0 Å². The van der Waals surface area contributed by atoms with Gasteiger partial charge in [0.25, 0.3) is 0 Å². The minimum atomic E-state index is 0.527. The van der Waals surface area contributed by atoms with Crippen molar-refractivity contribution in [2.45, 2.75) is 0 Å². The molecule has 0 spiro atoms. The van der Waals surface area contributed by atoms with E-state index in [9.17, 15) is 0 Å². The molecule has 0 saturated carbocycles. The fraction of sp³-hybridized carbons (Fsp3) is 0. The molecule has 0 atom stereocenters. The molecule has 0 bridgehead atoms. The second-order valence-corrected chi connectivity index (χ2v) is 8.03. The zero-order valence-electron chi connectivity index (χ0n) is 17.6. The third kappa shape index (κ3) is 2.72. The van der Waals surface area contributed by atoms with Crippen LogP contribution in [0.3, 0.4) is 0 Å². The summed E-state index contributed by atoms with van der Waals surface area (Å²) in [5, 5.41) is 4.76. The molecule has 3 heterocycles. The van der Waals surface area contributed by atoms with Crippen molar-refractivity contribution in [3.63, 3.8) is 0 Å². The molecular weight excluding hydrogens is 406 g/mol. The lowest BCUT2D eigenvalue weighted by atomic mass is 10.1. The van der Waals surface area contributed by atoms with Gasteiger partial charge in [-0.2, -0.15) is 0 Å². The highest BCUT2D eigenvalue weighted by atomic mass is 15.1. The van der Waals surface area contributed by atoms with Crippen LogP contribution in [0.15, 0.2) is 103 Å². The fourth-order valence-electron chi connectivity index (χ4n) is 4.62. The molecule has 0 aliphatic rings. The number of benzene rings is 4. The second kappa shape index (κ2) is 6.93. The monoisotopic (exact) mass is 423 g/mol. The first-order chi connectivity index (χ1) is 16.4. The molecule has 5 nitrogen and oxygen atoms in total. The van der Waals surface area contributed by atoms with Gasteiger partial charge < -0.3 is 0 Å². The third-order valence-electron chi connectivity index (χ3n) is 6.10. The van der Waals surface area contributed by atoms with Gasteiger partial charge in [-0.3, -0.25) is 4.57 Å². The molecule has 0 aliphatic heterocycles. The minimum absolute atomic E-state index is 0.527. The summed E-state index contributed by atoms with van der Waals surface area (Å²) in [5.41, 5.74) is 4.99. The number of hydrogen-bond acceptors (Lipinski definition) is 4. The predicted octanol–water partition coefficient (Wildman–Crippen LogP) is 6.34. The third-order valence-corrected chi connectivity index (χ3v) is 6.10. The smallest absolute Gasteiger partial charge is 0.199 e. The van der Waals surface area contributed by atoms with Crippen LogP contribution in [-0.2, 0) is 0 Å². The number of hydrogen-bond donors (Lipinski definition) is 0. The lowest BCUT2D eigenvalue weighted by molar-refractivity contribution is 1.05. The summed E-state index contributed by atoms with van der Waals surface area (Å²) >= 11 is 0. The van der Waals surface area contributed by atoms with Crippen molar-refractivity contribution in [3.8, 4) is 17.1 Å². The Hall–Kier alpha value is -4.64. The number of fused-ring (bicyclic) bond motifs is 5. The number of rotatable bonds is 2. The van der Waals surface area contributed by atoms with E-state index < -0.39 is 0 Å². The summed E-state index contributed by atoms with van der Waals surface area (Å²) in [4.78, 5) is 18.8. The molecule has 154 valence electrons. The van der Waals surface area contributed by atoms with Gasteiger partial charge >= 0.3 is 0 Å². The van der Waals surface area contributed by atoms with Crippen LogP contribution in [0, 0.1) is 0 Å². The maximum absolute atomic E-state index is 5.00. The van der Waals surface area contributed by atoms with Gasteiger partial charge in [0.1, 0.15) is 5.69 Å². The summed E-state index contributed by atoms with van der Waals surface area (Å²) in [6.45, 7) is 0. The number of nitrogens with zero attached hydrogens (tertiary/aromatic N) is 5. The first kappa shape index (κ1) is 18.0. The zero-order chi connectivity index (χ0) is 21.8. The van der Waals surface area contributed by atoms with Gasteiger partial charge in [0.2, 0.25) is 0 Å². The van der Waals surface area contributed by atoms with Crippen molar-refractivity contribution in [1.29, 1.82) is 0 Å². The van der Waals surface area contributed by atoms with Crippen LogP contribution in [0.4, 0.5) is 0 Å². The van der Waals surface area contributed by atoms with Crippen LogP contribution in [0.2, 0.25) is 0 Å². The summed E-state index contributed by atoms with van der Waals surface area (Å²) in [6.07, 6.45) is 3.31. The highest BCUT2D eigenvalue weighted by Crippen LogP contribution is 2.36. The van der Waals surface area contributed by atoms with E-state index in [0.29, 0.717) is 11.3 Å². The van der Waals surface area contributed by atoms with Crippen molar-refractivity contribution < 1.29 is 0 Å². The van der Waals surface area contributed by atoms with E-state index >= 15 is 0 Å². The first-order valence-electron chi connectivity index (χ1n) is 10.8. The molecule has 7 rings (SSSR count). The van der Waals surface area contributed by atoms with Crippen molar-refractivity contribution in [3.05, 3.63) is 103 Å². The van der Waals surface area contributed by atoms with E-state index in [1.807, 2.05) is 18.2 Å². The molecular formula is C28H17N5. The minimum Gasteiger partial charge on any atom is -0.292 e. The largest absolute Gasteiger partial charge is 0.292 e. The summed E-state index contributed by atoms with van der Waals surface area (Å²) < 4.78 is 2.21. The zero-order valence-corrected chi connectivity index (χ0v) is 17.6. The second-order valence-electron chi connectivity index (χ2n) is 8.03. The van der Waals surface area contributed by atoms with E-state index in [4.69, 9.17) is 9.97 Å². The number of para-hydroxylation sites is 1. The Morgan fingerprint density at radius 2 is 1.21 bits per heavy atom. The van der Waals surface area contributed by atoms with E-state index in [1.54, 1.807) is 12.4 Å². The molecule has 0 fully saturated rings. The van der Waals surface area contributed by atoms with Crippen LogP contribution in [0.25, 0.3) is 60.9 Å². The Labute approximate surface area is 189 Å². The van der Waals surface area contributed by atoms with E-state index in [2.05, 4.69) is 87.3 Å². The average molecular weight is 423 g/mol. The van der Waals surface area contributed by atoms with E-state index in [1.165, 1.54) is 21.5 Å². The standard InChI is InChI=1S/C28H17N5/c1-2-8-18(9-3-1)25-28(32-27-26(31-25)29-14-15-30-27)33-23-13-7-6-12-21(23)22-16-19-10-4-5-11-20(19)17-24(22)33/h1-17H. The molecule has 0 unspecified atom stereocenters. The van der Waals surface area contributed by atoms with E-state index in [-0.39, 0.29) is 0 Å². The van der Waals surface area contributed by atoms with Gasteiger partial charge in [-0.15, -0.1) is 0 Å². The normalized spacial score (nSPS) is 11.6. The molecule has 0 radical (unpaired) electrons. The maximum atomic E-state index is 5.00. The Morgan fingerprint density at radius 3 is 2.03 bits per heavy atom. The van der Waals surface area contributed by atoms with Crippen molar-refractivity contribution in [2.75, 3.05) is 0 Å². The molecule has 0 amide bonds. The maximum Gasteiger partial charge on any atom is 0.199 e. The summed E-state index contributed by atoms with van der Waals surface area (Å²) in [5.74, 6) is 0.746. The molecule has 3 aromatic heterocycles. The van der Waals surface area contributed by atoms with Crippen LogP contribution < -0.4 is 0 Å². The van der Waals surface area contributed by atoms with Crippen molar-refractivity contribution >= 4 is 43.9 Å². The predicted molar refractivity (Wildman–Crippen MR) is 132 cm³/mol. The lowest BCUT2D eigenvalue weighted by Crippen LogP contribution is -2.05. The molecule has 5 heteroatoms. The Morgan fingerprint density at radius 1 is 0.545 bits per heavy atom. The van der Waals surface area contributed by atoms with Crippen LogP contribution in [-0.4, -0.2) is 24.5 Å². The van der Waals surface area contributed by atoms with Crippen molar-refractivity contribution in [2.24, 2.45) is 0 Å². The van der Waals surface area contributed by atoms with Gasteiger partial charge in [-0.25, -0.2) is 19.9 Å². The van der Waals surface area contributed by atoms with Crippen LogP contribution >= 0.6 is 0 Å². The molecule has 7 aromatic rings. The number of aromatic nitrogens is 5. The highest BCUT2D eigenvalue weighted by molar-refractivity contribution is 6.13. The topological polar surface area (TPSA) is 56.5 Å². The molecule has 0 N–H and O–H groups in total. The molecule has 0 saturated heterocycles. The molecule has 0 aliphatic carbocycles. The van der Waals surface area contributed by atoms with Gasteiger partial charge in [-0.05, 0) is 29.0 Å². The van der Waals surface area contributed by atoms with Crippen LogP contribution in [0.1, 0.15) is 0 Å². The molecule has 4 aromatic carbocycles. The van der Waals surface area contributed by atoms with Gasteiger partial charge in [0, 0.05) is 28.7 Å². The Kier molecular flexibility index (Phi) is 3.78. The van der Waals surface area contributed by atoms with E-state index in [0.717, 1.165) is 28.1 Å². The van der Waals surface area contributed by atoms with Gasteiger partial charge in [0.15, 0.2) is 17.1 Å².